The molecule has 102 valence electrons. The second-order valence-electron chi connectivity index (χ2n) is 4.21. The Bertz CT molecular complexity index is 516. The lowest BCUT2D eigenvalue weighted by atomic mass is 10.3. The summed E-state index contributed by atoms with van der Waals surface area (Å²) in [5.41, 5.74) is 0. The zero-order valence-electron chi connectivity index (χ0n) is 10.5. The maximum Gasteiger partial charge on any atom is 0.139 e. The van der Waals surface area contributed by atoms with Crippen LogP contribution in [0.3, 0.4) is 0 Å². The number of rotatable bonds is 6. The normalized spacial score (nSPS) is 12.6. The van der Waals surface area contributed by atoms with E-state index in [4.69, 9.17) is 4.42 Å². The first-order chi connectivity index (χ1) is 9.15. The average Bonchev–Trinajstić information content (AvgIpc) is 2.86. The van der Waals surface area contributed by atoms with Gasteiger partial charge in [0.1, 0.15) is 17.4 Å². The number of benzene rings is 1. The van der Waals surface area contributed by atoms with E-state index in [9.17, 15) is 8.78 Å². The molecule has 0 aliphatic carbocycles. The summed E-state index contributed by atoms with van der Waals surface area (Å²) in [5.74, 6) is -0.196. The number of thioether (sulfide) groups is 1. The van der Waals surface area contributed by atoms with Crippen LogP contribution in [0.4, 0.5) is 8.78 Å². The van der Waals surface area contributed by atoms with Crippen molar-refractivity contribution in [2.75, 3.05) is 6.54 Å². The zero-order valence-corrected chi connectivity index (χ0v) is 11.3. The van der Waals surface area contributed by atoms with Crippen molar-refractivity contribution in [3.8, 4) is 0 Å². The number of nitrogens with one attached hydrogen (secondary N) is 1. The van der Waals surface area contributed by atoms with Gasteiger partial charge in [-0.2, -0.15) is 0 Å². The van der Waals surface area contributed by atoms with Crippen molar-refractivity contribution in [3.63, 3.8) is 0 Å². The van der Waals surface area contributed by atoms with Crippen molar-refractivity contribution in [2.24, 2.45) is 0 Å². The molecule has 19 heavy (non-hydrogen) atoms. The molecule has 0 saturated heterocycles. The van der Waals surface area contributed by atoms with E-state index in [-0.39, 0.29) is 5.25 Å². The van der Waals surface area contributed by atoms with Gasteiger partial charge in [0, 0.05) is 22.8 Å². The highest BCUT2D eigenvalue weighted by Crippen LogP contribution is 2.26. The van der Waals surface area contributed by atoms with E-state index in [2.05, 4.69) is 5.32 Å². The van der Waals surface area contributed by atoms with E-state index in [1.165, 1.54) is 23.9 Å². The van der Waals surface area contributed by atoms with Crippen molar-refractivity contribution >= 4 is 11.8 Å². The summed E-state index contributed by atoms with van der Waals surface area (Å²) in [4.78, 5) is 0.466. The monoisotopic (exact) mass is 283 g/mol. The van der Waals surface area contributed by atoms with Gasteiger partial charge in [-0.1, -0.05) is 6.92 Å². The first-order valence-corrected chi connectivity index (χ1v) is 6.88. The molecule has 2 rings (SSSR count). The minimum absolute atomic E-state index is 0.176. The lowest BCUT2D eigenvalue weighted by molar-refractivity contribution is 0.484. The molecular formula is C14H15F2NOS. The van der Waals surface area contributed by atoms with Gasteiger partial charge in [0.25, 0.3) is 0 Å². The smallest absolute Gasteiger partial charge is 0.139 e. The van der Waals surface area contributed by atoms with Crippen LogP contribution >= 0.6 is 11.8 Å². The summed E-state index contributed by atoms with van der Waals surface area (Å²) in [6, 6.07) is 7.38. The molecule has 0 aliphatic heterocycles. The highest BCUT2D eigenvalue weighted by molar-refractivity contribution is 8.00. The summed E-state index contributed by atoms with van der Waals surface area (Å²) in [5, 5.41) is 3.40. The van der Waals surface area contributed by atoms with Crippen molar-refractivity contribution in [3.05, 3.63) is 54.0 Å². The molecule has 1 atom stereocenters. The topological polar surface area (TPSA) is 25.2 Å². The van der Waals surface area contributed by atoms with Gasteiger partial charge in [0.05, 0.1) is 12.8 Å². The molecule has 1 aromatic heterocycles. The fourth-order valence-corrected chi connectivity index (χ4v) is 2.59. The molecule has 0 aliphatic rings. The summed E-state index contributed by atoms with van der Waals surface area (Å²) >= 11 is 1.38. The maximum atomic E-state index is 13.5. The van der Waals surface area contributed by atoms with Crippen LogP contribution in [-0.2, 0) is 6.54 Å². The van der Waals surface area contributed by atoms with E-state index in [1.54, 1.807) is 6.26 Å². The number of halogens is 2. The molecule has 1 N–H and O–H groups in total. The fraction of sp³-hybridized carbons (Fsp3) is 0.286. The molecule has 0 bridgehead atoms. The van der Waals surface area contributed by atoms with Gasteiger partial charge in [0.2, 0.25) is 0 Å². The summed E-state index contributed by atoms with van der Waals surface area (Å²) in [6.07, 6.45) is 1.63. The Kier molecular flexibility index (Phi) is 4.99. The van der Waals surface area contributed by atoms with Crippen LogP contribution < -0.4 is 5.32 Å². The third-order valence-corrected chi connectivity index (χ3v) is 3.69. The van der Waals surface area contributed by atoms with E-state index < -0.39 is 11.6 Å². The SMILES string of the molecule is CC(CNCc1ccco1)Sc1ccc(F)cc1F. The Hall–Kier alpha value is -1.33. The van der Waals surface area contributed by atoms with Crippen LogP contribution in [0, 0.1) is 11.6 Å². The summed E-state index contributed by atoms with van der Waals surface area (Å²) < 4.78 is 31.4. The standard InChI is InChI=1S/C14H15F2NOS/c1-10(8-17-9-12-3-2-6-18-12)19-14-5-4-11(15)7-13(14)16/h2-7,10,17H,8-9H2,1H3. The first-order valence-electron chi connectivity index (χ1n) is 6.00. The van der Waals surface area contributed by atoms with Gasteiger partial charge in [-0.25, -0.2) is 8.78 Å². The second-order valence-corrected chi connectivity index (χ2v) is 5.69. The average molecular weight is 283 g/mol. The number of hydrogen-bond acceptors (Lipinski definition) is 3. The Morgan fingerprint density at radius 3 is 2.84 bits per heavy atom. The molecule has 1 heterocycles. The Morgan fingerprint density at radius 1 is 1.32 bits per heavy atom. The molecule has 0 spiro atoms. The maximum absolute atomic E-state index is 13.5. The number of furan rings is 1. The molecule has 0 saturated carbocycles. The quantitative estimate of drug-likeness (QED) is 0.816. The van der Waals surface area contributed by atoms with Crippen molar-refractivity contribution in [1.29, 1.82) is 0 Å². The predicted octanol–water partition coefficient (Wildman–Crippen LogP) is 3.83. The number of hydrogen-bond donors (Lipinski definition) is 1. The molecule has 1 unspecified atom stereocenters. The molecule has 5 heteroatoms. The Morgan fingerprint density at radius 2 is 2.16 bits per heavy atom. The fourth-order valence-electron chi connectivity index (χ4n) is 1.64. The van der Waals surface area contributed by atoms with Gasteiger partial charge >= 0.3 is 0 Å². The van der Waals surface area contributed by atoms with Gasteiger partial charge in [-0.3, -0.25) is 0 Å². The van der Waals surface area contributed by atoms with Crippen LogP contribution in [0.25, 0.3) is 0 Å². The van der Waals surface area contributed by atoms with Gasteiger partial charge in [-0.05, 0) is 24.3 Å². The van der Waals surface area contributed by atoms with Crippen LogP contribution in [-0.4, -0.2) is 11.8 Å². The molecule has 0 amide bonds. The zero-order chi connectivity index (χ0) is 13.7. The van der Waals surface area contributed by atoms with Crippen LogP contribution in [0.15, 0.2) is 45.9 Å². The highest BCUT2D eigenvalue weighted by atomic mass is 32.2. The minimum Gasteiger partial charge on any atom is -0.468 e. The third-order valence-electron chi connectivity index (χ3n) is 2.53. The third kappa shape index (κ3) is 4.36. The van der Waals surface area contributed by atoms with Crippen LogP contribution in [0.5, 0.6) is 0 Å². The highest BCUT2D eigenvalue weighted by Gasteiger charge is 2.09. The van der Waals surface area contributed by atoms with E-state index in [1.807, 2.05) is 19.1 Å². The van der Waals surface area contributed by atoms with Crippen LogP contribution in [0.1, 0.15) is 12.7 Å². The van der Waals surface area contributed by atoms with E-state index in [0.29, 0.717) is 18.0 Å². The lowest BCUT2D eigenvalue weighted by Crippen LogP contribution is -2.22. The molecule has 2 nitrogen and oxygen atoms in total. The molecule has 0 radical (unpaired) electrons. The molecule has 1 aromatic carbocycles. The largest absolute Gasteiger partial charge is 0.468 e. The summed E-state index contributed by atoms with van der Waals surface area (Å²) in [7, 11) is 0. The molecule has 0 fully saturated rings. The lowest BCUT2D eigenvalue weighted by Gasteiger charge is -2.12. The minimum atomic E-state index is -0.551. The Labute approximate surface area is 115 Å². The first kappa shape index (κ1) is 14.1. The van der Waals surface area contributed by atoms with Crippen LogP contribution in [0.2, 0.25) is 0 Å². The van der Waals surface area contributed by atoms with Crippen molar-refractivity contribution in [2.45, 2.75) is 23.6 Å². The second kappa shape index (κ2) is 6.73. The van der Waals surface area contributed by atoms with Gasteiger partial charge in [-0.15, -0.1) is 11.8 Å². The van der Waals surface area contributed by atoms with E-state index in [0.717, 1.165) is 11.8 Å². The molecular weight excluding hydrogens is 268 g/mol. The summed E-state index contributed by atoms with van der Waals surface area (Å²) in [6.45, 7) is 3.34. The van der Waals surface area contributed by atoms with Gasteiger partial charge < -0.3 is 9.73 Å². The van der Waals surface area contributed by atoms with E-state index >= 15 is 0 Å². The Balaban J connectivity index is 1.79. The molecule has 2 aromatic rings. The van der Waals surface area contributed by atoms with Crippen molar-refractivity contribution in [1.82, 2.24) is 5.32 Å². The van der Waals surface area contributed by atoms with Crippen molar-refractivity contribution < 1.29 is 13.2 Å². The van der Waals surface area contributed by atoms with Gasteiger partial charge in [0.15, 0.2) is 0 Å². The predicted molar refractivity (Wildman–Crippen MR) is 72.1 cm³/mol.